The molecule has 0 bridgehead atoms. The zero-order valence-electron chi connectivity index (χ0n) is 53.9. The summed E-state index contributed by atoms with van der Waals surface area (Å²) in [5, 5.41) is 15.1. The fourth-order valence-electron chi connectivity index (χ4n) is 13.6. The van der Waals surface area contributed by atoms with Crippen LogP contribution in [0.2, 0.25) is 0 Å². The van der Waals surface area contributed by atoms with Gasteiger partial charge in [-0.3, -0.25) is 9.55 Å². The Labute approximate surface area is 540 Å². The van der Waals surface area contributed by atoms with Crippen LogP contribution in [0, 0.1) is 6.07 Å². The third kappa shape index (κ3) is 10.5. The number of imidazole rings is 2. The number of aromatic nitrogens is 5. The van der Waals surface area contributed by atoms with Gasteiger partial charge in [-0.05, 0) is 104 Å². The number of phenolic OH excluding ortho intramolecular Hbond substituents is 1. The molecule has 0 fully saturated rings. The predicted molar refractivity (Wildman–Crippen MR) is 371 cm³/mol. The third-order valence-corrected chi connectivity index (χ3v) is 18.0. The van der Waals surface area contributed by atoms with Crippen LogP contribution in [-0.4, -0.2) is 28.8 Å². The van der Waals surface area contributed by atoms with Gasteiger partial charge < -0.3 is 14.2 Å². The van der Waals surface area contributed by atoms with Crippen molar-refractivity contribution < 1.29 is 26.2 Å². The summed E-state index contributed by atoms with van der Waals surface area (Å²) in [7, 11) is 0. The normalized spacial score (nSPS) is 12.3. The van der Waals surface area contributed by atoms with Crippen LogP contribution in [0.15, 0.2) is 200 Å². The van der Waals surface area contributed by atoms with Crippen molar-refractivity contribution in [3.8, 4) is 79.0 Å². The van der Waals surface area contributed by atoms with Crippen LogP contribution in [0.25, 0.3) is 117 Å². The number of para-hydroxylation sites is 5. The molecule has 89 heavy (non-hydrogen) atoms. The van der Waals surface area contributed by atoms with Crippen LogP contribution in [0.5, 0.6) is 5.75 Å². The molecular formula is C82H80N5OPt-. The molecule has 13 rings (SSSR count). The number of fused-ring (bicyclic) bond motifs is 6. The summed E-state index contributed by atoms with van der Waals surface area (Å²) in [6.07, 6.45) is 0. The zero-order valence-corrected chi connectivity index (χ0v) is 56.1. The molecule has 10 aromatic carbocycles. The minimum absolute atomic E-state index is 0. The molecule has 0 saturated heterocycles. The molecule has 0 aliphatic rings. The molecule has 3 heterocycles. The van der Waals surface area contributed by atoms with Crippen LogP contribution in [-0.2, 0) is 31.9 Å². The van der Waals surface area contributed by atoms with Crippen molar-refractivity contribution in [1.82, 2.24) is 23.7 Å². The van der Waals surface area contributed by atoms with E-state index in [0.29, 0.717) is 5.82 Å². The first-order chi connectivity index (χ1) is 42.2. The van der Waals surface area contributed by atoms with Gasteiger partial charge in [0, 0.05) is 54.2 Å². The summed E-state index contributed by atoms with van der Waals surface area (Å²) in [5.74, 6) is 2.59. The van der Waals surface area contributed by atoms with Gasteiger partial charge in [0.05, 0.1) is 55.9 Å². The van der Waals surface area contributed by atoms with Gasteiger partial charge in [-0.2, -0.15) is 0 Å². The number of benzene rings is 10. The Hall–Kier alpha value is -8.57. The van der Waals surface area contributed by atoms with Crippen LogP contribution >= 0.6 is 0 Å². The van der Waals surface area contributed by atoms with E-state index < -0.39 is 0 Å². The Balaban J connectivity index is 0.00000769. The van der Waals surface area contributed by atoms with E-state index in [1.165, 1.54) is 22.3 Å². The average molecular weight is 1350 g/mol. The summed E-state index contributed by atoms with van der Waals surface area (Å²) in [5.41, 5.74) is 23.8. The largest absolute Gasteiger partial charge is 0.507 e. The molecule has 13 aromatic rings. The number of hydrogen-bond donors (Lipinski definition) is 1. The topological polar surface area (TPSA) is 60.8 Å². The Morgan fingerprint density at radius 1 is 0.404 bits per heavy atom. The van der Waals surface area contributed by atoms with E-state index in [-0.39, 0.29) is 61.3 Å². The quantitative estimate of drug-likeness (QED) is 0.124. The maximum Gasteiger partial charge on any atom is 0.148 e. The van der Waals surface area contributed by atoms with Crippen molar-refractivity contribution >= 4 is 43.9 Å². The number of aromatic hydroxyl groups is 1. The van der Waals surface area contributed by atoms with Gasteiger partial charge in [-0.15, -0.1) is 29.8 Å². The standard InChI is InChI=1S/C82H80N5O.Pt/c1-49(2)58-35-24-36-59(50(3)4)74(58)86-71-43-27-39-62(73(71)84-80(86)66-47-57(81(9,10)11)48-67(78(66)88)82(12,13)14)55-32-23-33-56(46-55)79-83-68-44-45-70-72(77(68)87(79)75-60(51(5)6)37-25-38-61(75)52(7)8)65-34-21-22-42-69(65)85(70)76-63(53-28-17-15-18-29-53)40-26-41-64(76)54-30-19-16-20-31-54;/h15-45,47-52,88H,1-14H3;/q-1;. The second-order valence-electron chi connectivity index (χ2n) is 27.4. The summed E-state index contributed by atoms with van der Waals surface area (Å²) in [6.45, 7) is 31.6. The van der Waals surface area contributed by atoms with E-state index in [9.17, 15) is 5.11 Å². The van der Waals surface area contributed by atoms with Crippen LogP contribution in [0.4, 0.5) is 0 Å². The van der Waals surface area contributed by atoms with E-state index in [1.54, 1.807) is 0 Å². The maximum absolute atomic E-state index is 12.8. The van der Waals surface area contributed by atoms with E-state index in [4.69, 9.17) is 9.97 Å². The van der Waals surface area contributed by atoms with E-state index >= 15 is 0 Å². The average Bonchev–Trinajstić information content (AvgIpc) is 1.59. The molecule has 0 atom stereocenters. The fourth-order valence-corrected chi connectivity index (χ4v) is 13.6. The first-order valence-corrected chi connectivity index (χ1v) is 31.6. The number of hydrogen-bond acceptors (Lipinski definition) is 3. The van der Waals surface area contributed by atoms with Crippen LogP contribution < -0.4 is 0 Å². The van der Waals surface area contributed by atoms with E-state index in [2.05, 4.69) is 317 Å². The molecule has 7 heteroatoms. The molecule has 0 aliphatic heterocycles. The fraction of sp³-hybridized carbons (Fsp3) is 0.244. The van der Waals surface area contributed by atoms with Gasteiger partial charge >= 0.3 is 0 Å². The number of phenols is 1. The Bertz CT molecular complexity index is 4720. The Morgan fingerprint density at radius 2 is 0.899 bits per heavy atom. The van der Waals surface area contributed by atoms with Crippen molar-refractivity contribution in [2.24, 2.45) is 0 Å². The minimum atomic E-state index is -0.346. The molecule has 0 saturated carbocycles. The summed E-state index contributed by atoms with van der Waals surface area (Å²) < 4.78 is 7.37. The van der Waals surface area contributed by atoms with Crippen molar-refractivity contribution in [3.63, 3.8) is 0 Å². The van der Waals surface area contributed by atoms with Gasteiger partial charge in [-0.1, -0.05) is 260 Å². The van der Waals surface area contributed by atoms with Gasteiger partial charge in [0.15, 0.2) is 0 Å². The van der Waals surface area contributed by atoms with Gasteiger partial charge in [-0.25, -0.2) is 4.98 Å². The SMILES string of the molecule is CC(C)c1cccc(C(C)C)c1-n1c(-c2cc(C(C)(C)C)cc(C(C)(C)C)c2O)nc2c(-c3[c-]c(-c4nc5ccc6c(c7ccccc7n6-c6c(-c7ccccc7)cccc6-c6ccccc6)c5n4-c4c(C(C)C)cccc4C(C)C)ccc3)cccc21.[Pt]. The van der Waals surface area contributed by atoms with Crippen LogP contribution in [0.3, 0.4) is 0 Å². The molecular weight excluding hydrogens is 1270 g/mol. The molecule has 1 N–H and O–H groups in total. The second kappa shape index (κ2) is 23.4. The Morgan fingerprint density at radius 3 is 1.46 bits per heavy atom. The number of rotatable bonds is 12. The van der Waals surface area contributed by atoms with Crippen molar-refractivity contribution in [1.29, 1.82) is 0 Å². The van der Waals surface area contributed by atoms with Gasteiger partial charge in [0.2, 0.25) is 0 Å². The van der Waals surface area contributed by atoms with Crippen molar-refractivity contribution in [3.05, 3.63) is 240 Å². The van der Waals surface area contributed by atoms with Gasteiger partial charge in [0.25, 0.3) is 0 Å². The Kier molecular flexibility index (Phi) is 16.0. The van der Waals surface area contributed by atoms with Crippen molar-refractivity contribution in [2.45, 2.75) is 131 Å². The smallest absolute Gasteiger partial charge is 0.148 e. The molecule has 0 aliphatic carbocycles. The summed E-state index contributed by atoms with van der Waals surface area (Å²) in [4.78, 5) is 11.6. The molecule has 450 valence electrons. The predicted octanol–water partition coefficient (Wildman–Crippen LogP) is 22.4. The zero-order chi connectivity index (χ0) is 61.7. The molecule has 0 radical (unpaired) electrons. The summed E-state index contributed by atoms with van der Waals surface area (Å²) >= 11 is 0. The summed E-state index contributed by atoms with van der Waals surface area (Å²) in [6, 6.07) is 76.9. The monoisotopic (exact) mass is 1350 g/mol. The first kappa shape index (κ1) is 60.7. The third-order valence-electron chi connectivity index (χ3n) is 18.0. The minimum Gasteiger partial charge on any atom is -0.507 e. The van der Waals surface area contributed by atoms with E-state index in [1.807, 2.05) is 0 Å². The van der Waals surface area contributed by atoms with Crippen LogP contribution in [0.1, 0.15) is 154 Å². The van der Waals surface area contributed by atoms with Gasteiger partial charge in [0.1, 0.15) is 11.6 Å². The number of nitrogens with zero attached hydrogens (tertiary/aromatic N) is 5. The maximum atomic E-state index is 12.8. The first-order valence-electron chi connectivity index (χ1n) is 31.6. The molecule has 6 nitrogen and oxygen atoms in total. The molecule has 0 spiro atoms. The molecule has 0 unspecified atom stereocenters. The molecule has 3 aromatic heterocycles. The van der Waals surface area contributed by atoms with E-state index in [0.717, 1.165) is 122 Å². The molecule has 0 amide bonds. The van der Waals surface area contributed by atoms with Crippen molar-refractivity contribution in [2.75, 3.05) is 0 Å². The second-order valence-corrected chi connectivity index (χ2v) is 27.4.